The van der Waals surface area contributed by atoms with Gasteiger partial charge in [-0.05, 0) is 45.4 Å². The lowest BCUT2D eigenvalue weighted by Crippen LogP contribution is -2.61. The number of hydrogen-bond donors (Lipinski definition) is 3. The van der Waals surface area contributed by atoms with Crippen LogP contribution in [0.4, 0.5) is 29.3 Å². The van der Waals surface area contributed by atoms with Gasteiger partial charge in [0.25, 0.3) is 0 Å². The molecule has 1 aromatic rings. The monoisotopic (exact) mass is 538 g/mol. The molecule has 11 nitrogen and oxygen atoms in total. The number of benzene rings is 1. The average molecular weight is 539 g/mol. The number of nitriles is 1. The van der Waals surface area contributed by atoms with E-state index in [4.69, 9.17) is 4.74 Å². The Morgan fingerprint density at radius 2 is 1.84 bits per heavy atom. The van der Waals surface area contributed by atoms with E-state index in [1.54, 1.807) is 20.8 Å². The number of anilines is 2. The molecule has 0 aliphatic carbocycles. The van der Waals surface area contributed by atoms with Gasteiger partial charge in [-0.1, -0.05) is 0 Å². The van der Waals surface area contributed by atoms with Crippen molar-refractivity contribution >= 4 is 35.2 Å². The van der Waals surface area contributed by atoms with E-state index in [2.05, 4.69) is 16.0 Å². The summed E-state index contributed by atoms with van der Waals surface area (Å²) in [5.74, 6) is -1.68. The van der Waals surface area contributed by atoms with Crippen LogP contribution in [0.25, 0.3) is 0 Å². The minimum atomic E-state index is -4.71. The number of alkyl halides is 3. The largest absolute Gasteiger partial charge is 0.444 e. The highest BCUT2D eigenvalue weighted by Gasteiger charge is 2.48. The molecule has 4 amide bonds. The average Bonchev–Trinajstić information content (AvgIpc) is 2.79. The lowest BCUT2D eigenvalue weighted by atomic mass is 10.1. The van der Waals surface area contributed by atoms with Gasteiger partial charge < -0.3 is 20.3 Å². The van der Waals surface area contributed by atoms with Gasteiger partial charge in [0.15, 0.2) is 0 Å². The molecular weight excluding hydrogens is 509 g/mol. The number of nitrogens with zero attached hydrogens (tertiary/aromatic N) is 3. The molecule has 0 spiro atoms. The smallest absolute Gasteiger partial charge is 0.410 e. The van der Waals surface area contributed by atoms with Crippen LogP contribution in [0.2, 0.25) is 0 Å². The van der Waals surface area contributed by atoms with Crippen molar-refractivity contribution in [3.63, 3.8) is 0 Å². The summed E-state index contributed by atoms with van der Waals surface area (Å²) in [5.41, 5.74) is -0.282. The van der Waals surface area contributed by atoms with Crippen LogP contribution in [-0.4, -0.2) is 83.7 Å². The highest BCUT2D eigenvalue weighted by atomic mass is 19.4. The van der Waals surface area contributed by atoms with Crippen LogP contribution in [0.3, 0.4) is 0 Å². The van der Waals surface area contributed by atoms with Gasteiger partial charge in [-0.3, -0.25) is 24.6 Å². The van der Waals surface area contributed by atoms with Crippen molar-refractivity contribution in [3.8, 4) is 6.07 Å². The van der Waals surface area contributed by atoms with Crippen molar-refractivity contribution in [2.24, 2.45) is 0 Å². The SMILES string of the molecule is CC(C)(C)OC(=O)N1CCN(CC(=O)Nc2cc(C#N)cc(NC3CCC(=O)NC3=O)c2)[C@@H](C(F)(F)F)C1. The number of ether oxygens (including phenoxy) is 1. The molecule has 2 atom stereocenters. The molecule has 2 fully saturated rings. The molecule has 38 heavy (non-hydrogen) atoms. The van der Waals surface area contributed by atoms with E-state index in [1.165, 1.54) is 18.2 Å². The fourth-order valence-electron chi connectivity index (χ4n) is 4.08. The zero-order chi connectivity index (χ0) is 28.3. The molecule has 0 radical (unpaired) electrons. The van der Waals surface area contributed by atoms with Gasteiger partial charge in [-0.15, -0.1) is 0 Å². The number of amides is 4. The van der Waals surface area contributed by atoms with Crippen molar-refractivity contribution in [1.82, 2.24) is 15.1 Å². The fourth-order valence-corrected chi connectivity index (χ4v) is 4.08. The second-order valence-corrected chi connectivity index (χ2v) is 10.1. The number of imide groups is 1. The second-order valence-electron chi connectivity index (χ2n) is 10.1. The molecule has 2 aliphatic heterocycles. The minimum Gasteiger partial charge on any atom is -0.444 e. The Balaban J connectivity index is 1.68. The predicted molar refractivity (Wildman–Crippen MR) is 129 cm³/mol. The second kappa shape index (κ2) is 11.3. The maximum absolute atomic E-state index is 13.8. The number of hydrogen-bond acceptors (Lipinski definition) is 8. The van der Waals surface area contributed by atoms with Gasteiger partial charge >= 0.3 is 12.3 Å². The Hall–Kier alpha value is -3.86. The van der Waals surface area contributed by atoms with Gasteiger partial charge in [0.1, 0.15) is 17.7 Å². The first-order valence-electron chi connectivity index (χ1n) is 11.9. The Kier molecular flexibility index (Phi) is 8.51. The first-order chi connectivity index (χ1) is 17.6. The van der Waals surface area contributed by atoms with Gasteiger partial charge in [0.2, 0.25) is 17.7 Å². The van der Waals surface area contributed by atoms with Crippen LogP contribution >= 0.6 is 0 Å². The van der Waals surface area contributed by atoms with Gasteiger partial charge in [0, 0.05) is 37.4 Å². The van der Waals surface area contributed by atoms with Gasteiger partial charge in [0.05, 0.1) is 18.2 Å². The zero-order valence-electron chi connectivity index (χ0n) is 21.1. The van der Waals surface area contributed by atoms with E-state index >= 15 is 0 Å². The van der Waals surface area contributed by atoms with Crippen LogP contribution in [-0.2, 0) is 19.1 Å². The Morgan fingerprint density at radius 3 is 2.45 bits per heavy atom. The first kappa shape index (κ1) is 28.7. The molecule has 2 heterocycles. The lowest BCUT2D eigenvalue weighted by molar-refractivity contribution is -0.195. The summed E-state index contributed by atoms with van der Waals surface area (Å²) in [4.78, 5) is 50.3. The molecule has 0 bridgehead atoms. The van der Waals surface area contributed by atoms with E-state index in [9.17, 15) is 37.6 Å². The van der Waals surface area contributed by atoms with Crippen molar-refractivity contribution in [2.45, 2.75) is 57.5 Å². The molecule has 0 saturated carbocycles. The third-order valence-electron chi connectivity index (χ3n) is 5.79. The zero-order valence-corrected chi connectivity index (χ0v) is 21.1. The standard InChI is InChI=1S/C24H29F3N6O5/c1-23(2,3)38-22(37)33-7-6-32(18(12-33)24(25,26)27)13-20(35)30-16-9-14(11-28)8-15(10-16)29-17-4-5-19(34)31-21(17)36/h8-10,17-18,29H,4-7,12-13H2,1-3H3,(H,30,35)(H,31,34,36)/t17?,18-/m1/s1. The highest BCUT2D eigenvalue weighted by molar-refractivity contribution is 6.01. The number of nitrogens with one attached hydrogen (secondary N) is 3. The molecule has 2 aliphatic rings. The molecule has 14 heteroatoms. The van der Waals surface area contributed by atoms with E-state index < -0.39 is 60.8 Å². The molecule has 3 N–H and O–H groups in total. The predicted octanol–water partition coefficient (Wildman–Crippen LogP) is 2.20. The Bertz CT molecular complexity index is 1140. The van der Waals surface area contributed by atoms with Gasteiger partial charge in [-0.2, -0.15) is 18.4 Å². The minimum absolute atomic E-state index is 0.0568. The van der Waals surface area contributed by atoms with E-state index in [-0.39, 0.29) is 37.2 Å². The normalized spacial score (nSPS) is 20.8. The Morgan fingerprint density at radius 1 is 1.16 bits per heavy atom. The highest BCUT2D eigenvalue weighted by Crippen LogP contribution is 2.29. The maximum Gasteiger partial charge on any atom is 0.410 e. The molecule has 1 unspecified atom stereocenters. The fraction of sp³-hybridized carbons (Fsp3) is 0.542. The van der Waals surface area contributed by atoms with Gasteiger partial charge in [-0.25, -0.2) is 4.79 Å². The summed E-state index contributed by atoms with van der Waals surface area (Å²) in [6.07, 6.45) is -5.20. The quantitative estimate of drug-likeness (QED) is 0.484. The van der Waals surface area contributed by atoms with Crippen LogP contribution < -0.4 is 16.0 Å². The molecule has 2 saturated heterocycles. The summed E-state index contributed by atoms with van der Waals surface area (Å²) in [6.45, 7) is 3.27. The molecule has 1 aromatic carbocycles. The first-order valence-corrected chi connectivity index (χ1v) is 11.9. The van der Waals surface area contributed by atoms with Crippen LogP contribution in [0.1, 0.15) is 39.2 Å². The summed E-state index contributed by atoms with van der Waals surface area (Å²) >= 11 is 0. The van der Waals surface area contributed by atoms with E-state index in [0.29, 0.717) is 5.69 Å². The van der Waals surface area contributed by atoms with E-state index in [0.717, 1.165) is 9.80 Å². The van der Waals surface area contributed by atoms with E-state index in [1.807, 2.05) is 6.07 Å². The number of carbonyl (C=O) groups excluding carboxylic acids is 4. The van der Waals surface area contributed by atoms with Crippen LogP contribution in [0, 0.1) is 11.3 Å². The third kappa shape index (κ3) is 7.82. The number of halogens is 3. The van der Waals surface area contributed by atoms with Crippen LogP contribution in [0.15, 0.2) is 18.2 Å². The maximum atomic E-state index is 13.8. The lowest BCUT2D eigenvalue weighted by Gasteiger charge is -2.41. The molecular formula is C24H29F3N6O5. The van der Waals surface area contributed by atoms with Crippen LogP contribution in [0.5, 0.6) is 0 Å². The number of piperidine rings is 1. The molecule has 0 aromatic heterocycles. The van der Waals surface area contributed by atoms with Crippen molar-refractivity contribution in [3.05, 3.63) is 23.8 Å². The molecule has 206 valence electrons. The summed E-state index contributed by atoms with van der Waals surface area (Å²) in [7, 11) is 0. The van der Waals surface area contributed by atoms with Crippen molar-refractivity contribution in [2.75, 3.05) is 36.8 Å². The number of carbonyl (C=O) groups is 4. The topological polar surface area (TPSA) is 144 Å². The summed E-state index contributed by atoms with van der Waals surface area (Å²) in [6, 6.07) is 3.32. The van der Waals surface area contributed by atoms with Crippen molar-refractivity contribution < 1.29 is 37.1 Å². The summed E-state index contributed by atoms with van der Waals surface area (Å²) in [5, 5.41) is 17.0. The third-order valence-corrected chi connectivity index (χ3v) is 5.79. The van der Waals surface area contributed by atoms with Crippen molar-refractivity contribution in [1.29, 1.82) is 5.26 Å². The molecule has 3 rings (SSSR count). The summed E-state index contributed by atoms with van der Waals surface area (Å²) < 4.78 is 46.7. The number of piperazine rings is 1. The Labute approximate surface area is 217 Å². The number of rotatable bonds is 5.